The van der Waals surface area contributed by atoms with Crippen LogP contribution in [0.15, 0.2) is 42.6 Å². The molecule has 0 aliphatic heterocycles. The van der Waals surface area contributed by atoms with E-state index < -0.39 is 0 Å². The summed E-state index contributed by atoms with van der Waals surface area (Å²) in [6.45, 7) is 0. The highest BCUT2D eigenvalue weighted by molar-refractivity contribution is 5.99. The molecule has 5 nitrogen and oxygen atoms in total. The third-order valence-electron chi connectivity index (χ3n) is 3.57. The first-order chi connectivity index (χ1) is 10.3. The van der Waals surface area contributed by atoms with E-state index in [2.05, 4.69) is 21.0 Å². The van der Waals surface area contributed by atoms with Crippen LogP contribution in [0.5, 0.6) is 5.88 Å². The Balaban J connectivity index is 2.04. The summed E-state index contributed by atoms with van der Waals surface area (Å²) in [5, 5.41) is 21.0. The van der Waals surface area contributed by atoms with Crippen LogP contribution in [0.1, 0.15) is 5.56 Å². The third kappa shape index (κ3) is 1.66. The fraction of sp³-hybridized carbons (Fsp3) is 0. The number of rotatable bonds is 1. The molecule has 0 spiro atoms. The van der Waals surface area contributed by atoms with Crippen LogP contribution in [-0.2, 0) is 0 Å². The van der Waals surface area contributed by atoms with Crippen LogP contribution in [0.2, 0.25) is 0 Å². The zero-order valence-electron chi connectivity index (χ0n) is 10.9. The maximum absolute atomic E-state index is 10.2. The molecule has 0 radical (unpaired) electrons. The van der Waals surface area contributed by atoms with E-state index in [0.29, 0.717) is 16.8 Å². The molecule has 0 unspecified atom stereocenters. The van der Waals surface area contributed by atoms with E-state index in [9.17, 15) is 5.11 Å². The van der Waals surface area contributed by atoms with Gasteiger partial charge in [0.15, 0.2) is 5.88 Å². The van der Waals surface area contributed by atoms with E-state index in [4.69, 9.17) is 5.26 Å². The molecule has 4 rings (SSSR count). The molecular weight excluding hydrogens is 264 g/mol. The summed E-state index contributed by atoms with van der Waals surface area (Å²) in [5.74, 6) is 0.0542. The number of nitriles is 1. The molecule has 0 bridgehead atoms. The van der Waals surface area contributed by atoms with Crippen molar-refractivity contribution in [1.29, 1.82) is 5.26 Å². The highest BCUT2D eigenvalue weighted by Gasteiger charge is 2.15. The van der Waals surface area contributed by atoms with Gasteiger partial charge in [0.05, 0.1) is 22.9 Å². The standard InChI is InChI=1S/C16H10N4O/c17-8-9-1-3-12-11(7-9)14(16(21)20-12)13-4-2-10-5-6-18-15(10)19-13/h1-7,20-21H,(H,18,19). The minimum Gasteiger partial charge on any atom is -0.494 e. The van der Waals surface area contributed by atoms with Crippen LogP contribution in [0.4, 0.5) is 0 Å². The largest absolute Gasteiger partial charge is 0.494 e. The van der Waals surface area contributed by atoms with E-state index in [1.807, 2.05) is 24.4 Å². The zero-order chi connectivity index (χ0) is 14.4. The molecular formula is C16H10N4O. The number of nitrogens with one attached hydrogen (secondary N) is 2. The molecule has 0 amide bonds. The minimum atomic E-state index is 0.0542. The lowest BCUT2D eigenvalue weighted by atomic mass is 10.1. The van der Waals surface area contributed by atoms with Gasteiger partial charge in [0, 0.05) is 22.5 Å². The predicted molar refractivity (Wildman–Crippen MR) is 79.8 cm³/mol. The molecule has 0 aliphatic rings. The molecule has 3 N–H and O–H groups in total. The normalized spacial score (nSPS) is 11.0. The minimum absolute atomic E-state index is 0.0542. The molecule has 3 heterocycles. The second-order valence-electron chi connectivity index (χ2n) is 4.83. The summed E-state index contributed by atoms with van der Waals surface area (Å²) in [5.41, 5.74) is 3.35. The summed E-state index contributed by atoms with van der Waals surface area (Å²) in [7, 11) is 0. The van der Waals surface area contributed by atoms with E-state index in [0.717, 1.165) is 21.9 Å². The Hall–Kier alpha value is -3.26. The van der Waals surface area contributed by atoms with Gasteiger partial charge >= 0.3 is 0 Å². The van der Waals surface area contributed by atoms with Crippen molar-refractivity contribution in [3.63, 3.8) is 0 Å². The van der Waals surface area contributed by atoms with E-state index >= 15 is 0 Å². The van der Waals surface area contributed by atoms with Crippen molar-refractivity contribution in [1.82, 2.24) is 15.0 Å². The van der Waals surface area contributed by atoms with Gasteiger partial charge in [0.25, 0.3) is 0 Å². The molecule has 4 aromatic rings. The molecule has 5 heteroatoms. The number of fused-ring (bicyclic) bond motifs is 2. The van der Waals surface area contributed by atoms with E-state index in [1.54, 1.807) is 18.2 Å². The highest BCUT2D eigenvalue weighted by atomic mass is 16.3. The van der Waals surface area contributed by atoms with Crippen molar-refractivity contribution < 1.29 is 5.11 Å². The number of nitrogens with zero attached hydrogens (tertiary/aromatic N) is 2. The molecule has 0 aliphatic carbocycles. The van der Waals surface area contributed by atoms with Gasteiger partial charge in [-0.25, -0.2) is 4.98 Å². The average Bonchev–Trinajstić information content (AvgIpc) is 3.08. The first-order valence-electron chi connectivity index (χ1n) is 6.45. The fourth-order valence-electron chi connectivity index (χ4n) is 2.58. The molecule has 0 saturated carbocycles. The Morgan fingerprint density at radius 2 is 2.05 bits per heavy atom. The Kier molecular flexibility index (Phi) is 2.27. The molecule has 0 atom stereocenters. The second kappa shape index (κ2) is 4.12. The van der Waals surface area contributed by atoms with Gasteiger partial charge in [-0.05, 0) is 36.4 Å². The van der Waals surface area contributed by atoms with Crippen LogP contribution in [-0.4, -0.2) is 20.1 Å². The van der Waals surface area contributed by atoms with Gasteiger partial charge in [0.1, 0.15) is 5.65 Å². The van der Waals surface area contributed by atoms with Crippen LogP contribution in [0.25, 0.3) is 33.2 Å². The second-order valence-corrected chi connectivity index (χ2v) is 4.83. The van der Waals surface area contributed by atoms with Crippen LogP contribution in [0, 0.1) is 11.3 Å². The van der Waals surface area contributed by atoms with Crippen LogP contribution < -0.4 is 0 Å². The summed E-state index contributed by atoms with van der Waals surface area (Å²) in [4.78, 5) is 10.5. The van der Waals surface area contributed by atoms with Gasteiger partial charge < -0.3 is 15.1 Å². The number of hydrogen-bond acceptors (Lipinski definition) is 3. The number of H-pyrrole nitrogens is 2. The van der Waals surface area contributed by atoms with Crippen LogP contribution in [0.3, 0.4) is 0 Å². The van der Waals surface area contributed by atoms with Crippen molar-refractivity contribution in [2.24, 2.45) is 0 Å². The van der Waals surface area contributed by atoms with Crippen molar-refractivity contribution in [3.8, 4) is 23.2 Å². The number of aromatic nitrogens is 3. The van der Waals surface area contributed by atoms with Gasteiger partial charge in [-0.15, -0.1) is 0 Å². The van der Waals surface area contributed by atoms with Crippen molar-refractivity contribution in [2.75, 3.05) is 0 Å². The Labute approximate surface area is 119 Å². The van der Waals surface area contributed by atoms with Gasteiger partial charge in [-0.3, -0.25) is 0 Å². The number of aromatic hydroxyl groups is 1. The van der Waals surface area contributed by atoms with Crippen molar-refractivity contribution in [2.45, 2.75) is 0 Å². The smallest absolute Gasteiger partial charge is 0.199 e. The Morgan fingerprint density at radius 1 is 1.14 bits per heavy atom. The summed E-state index contributed by atoms with van der Waals surface area (Å²) in [6, 6.07) is 13.1. The molecule has 3 aromatic heterocycles. The van der Waals surface area contributed by atoms with Gasteiger partial charge in [-0.2, -0.15) is 5.26 Å². The van der Waals surface area contributed by atoms with Gasteiger partial charge in [-0.1, -0.05) is 0 Å². The molecule has 21 heavy (non-hydrogen) atoms. The molecule has 1 aromatic carbocycles. The zero-order valence-corrected chi connectivity index (χ0v) is 10.9. The first kappa shape index (κ1) is 11.6. The third-order valence-corrected chi connectivity index (χ3v) is 3.57. The number of pyridine rings is 1. The summed E-state index contributed by atoms with van der Waals surface area (Å²) in [6.07, 6.45) is 1.82. The van der Waals surface area contributed by atoms with Crippen molar-refractivity contribution >= 4 is 21.9 Å². The lowest BCUT2D eigenvalue weighted by Crippen LogP contribution is -1.84. The summed E-state index contributed by atoms with van der Waals surface area (Å²) >= 11 is 0. The molecule has 100 valence electrons. The van der Waals surface area contributed by atoms with Crippen LogP contribution >= 0.6 is 0 Å². The number of benzene rings is 1. The SMILES string of the molecule is N#Cc1ccc2[nH]c(O)c(-c3ccc4cc[nH]c4n3)c2c1. The van der Waals surface area contributed by atoms with E-state index in [1.165, 1.54) is 0 Å². The number of aromatic amines is 2. The monoisotopic (exact) mass is 274 g/mol. The fourth-order valence-corrected chi connectivity index (χ4v) is 2.58. The lowest BCUT2D eigenvalue weighted by Gasteiger charge is -2.01. The maximum Gasteiger partial charge on any atom is 0.199 e. The predicted octanol–water partition coefficient (Wildman–Crippen LogP) is 3.29. The highest BCUT2D eigenvalue weighted by Crippen LogP contribution is 2.36. The number of hydrogen-bond donors (Lipinski definition) is 3. The van der Waals surface area contributed by atoms with Gasteiger partial charge in [0.2, 0.25) is 0 Å². The lowest BCUT2D eigenvalue weighted by molar-refractivity contribution is 0.460. The van der Waals surface area contributed by atoms with E-state index in [-0.39, 0.29) is 5.88 Å². The van der Waals surface area contributed by atoms with Crippen molar-refractivity contribution in [3.05, 3.63) is 48.2 Å². The quantitative estimate of drug-likeness (QED) is 0.497. The Morgan fingerprint density at radius 3 is 2.90 bits per heavy atom. The molecule has 0 fully saturated rings. The topological polar surface area (TPSA) is 88.5 Å². The first-order valence-corrected chi connectivity index (χ1v) is 6.45. The summed E-state index contributed by atoms with van der Waals surface area (Å²) < 4.78 is 0. The average molecular weight is 274 g/mol. The molecule has 0 saturated heterocycles. The maximum atomic E-state index is 10.2. The Bertz CT molecular complexity index is 1020.